The smallest absolute Gasteiger partial charge is 0.385 e. The van der Waals surface area contributed by atoms with E-state index in [0.717, 1.165) is 211 Å². The lowest BCUT2D eigenvalue weighted by Gasteiger charge is -2.36. The fourth-order valence-electron chi connectivity index (χ4n) is 17.6. The number of nitrogens with one attached hydrogen (secondary N) is 8. The number of carbonyl (C=O) groups is 4. The van der Waals surface area contributed by atoms with Crippen molar-refractivity contribution in [1.29, 1.82) is 0 Å². The lowest BCUT2D eigenvalue weighted by molar-refractivity contribution is -0.177. The first-order valence-electron chi connectivity index (χ1n) is 46.2. The number of benzene rings is 4. The Labute approximate surface area is 792 Å². The minimum Gasteiger partial charge on any atom is -0.385 e. The van der Waals surface area contributed by atoms with Crippen LogP contribution in [-0.4, -0.2) is 213 Å². The quantitative estimate of drug-likeness (QED) is 0.0208. The number of hydrogen-bond acceptors (Lipinski definition) is 23. The predicted molar refractivity (Wildman–Crippen MR) is 513 cm³/mol. The van der Waals surface area contributed by atoms with Crippen LogP contribution in [0.15, 0.2) is 134 Å². The Bertz CT molecular complexity index is 5040. The van der Waals surface area contributed by atoms with Crippen LogP contribution in [0.1, 0.15) is 119 Å². The molecule has 4 aromatic carbocycles. The monoisotopic (exact) mass is 1900 g/mol. The van der Waals surface area contributed by atoms with Crippen molar-refractivity contribution in [2.24, 2.45) is 41.4 Å². The highest BCUT2D eigenvalue weighted by molar-refractivity contribution is 6.37. The molecular weight excluding hydrogens is 1780 g/mol. The molecular formula is C100H124Cl5F3N12O11. The van der Waals surface area contributed by atoms with Crippen LogP contribution in [0.4, 0.5) is 35.9 Å². The topological polar surface area (TPSA) is 281 Å². The molecule has 8 saturated heterocycles. The van der Waals surface area contributed by atoms with Gasteiger partial charge >= 0.3 is 6.18 Å². The fourth-order valence-corrected chi connectivity index (χ4v) is 18.7. The number of Topliss-reactive ketones (excluding diaryl/α,β-unsaturated/α-hetero) is 4. The first-order chi connectivity index (χ1) is 63.4. The van der Waals surface area contributed by atoms with E-state index >= 15 is 0 Å². The van der Waals surface area contributed by atoms with E-state index in [9.17, 15) is 32.3 Å². The van der Waals surface area contributed by atoms with Crippen LogP contribution in [0, 0.1) is 41.4 Å². The molecule has 0 aliphatic carbocycles. The predicted octanol–water partition coefficient (Wildman–Crippen LogP) is 18.1. The number of piperidine rings is 3. The molecule has 8 aliphatic rings. The highest BCUT2D eigenvalue weighted by Crippen LogP contribution is 2.42. The fraction of sp³-hybridized carbons (Fsp3) is 0.520. The summed E-state index contributed by atoms with van der Waals surface area (Å²) in [6.07, 6.45) is 14.6. The second-order valence-electron chi connectivity index (χ2n) is 35.9. The number of hydrogen-bond donors (Lipinski definition) is 8. The average Bonchev–Trinajstić information content (AvgIpc) is 0.895. The maximum atomic E-state index is 13.7. The normalized spacial score (nSPS) is 21.1. The molecule has 8 aromatic rings. The number of rotatable bonds is 30. The summed E-state index contributed by atoms with van der Waals surface area (Å²) in [4.78, 5) is 68.6. The van der Waals surface area contributed by atoms with Crippen molar-refractivity contribution in [1.82, 2.24) is 41.2 Å². The standard InChI is InChI=1S/C26H34ClN3O3.C25H29ClF3N3O2.C25H32ClN3O3.C24H29Cl2N3O3/c1-32-17-22-6-5-20(15-29-22)26(31)13-23-12-24(25(27)16-30-23)19-3-2-4-21(11-19)28-14-18-7-9-33-10-8-18;26-22-15-31-19(12-24(33)18-2-1-7-30-14-18)11-20(22)17-3-4-21(25(27,28)29)23(10-17)32-13-16-5-8-34-9-6-16;1-25(2)16-31-15-21(32-25)13-28-19-7-3-5-17(9-19)22-10-20(29-14-23(22)26)11-24(30)18-6-4-8-27-12-18;25-22-2-1-18(28-12-16-3-6-31-7-4-16)9-20(22)21-10-19(29-14-23(21)26)11-24(30)17-13-27-5-8-32-15-17/h2-4,11-12,16,18,20,22,28-29H,5-10,13-15,17H2,1H3;3-4,10-11,15-16,18,30,32H,1-2,5-9,12-14H2;3,5,7,9-10,14,18,21,27-28H,4,6,8,11-13,15-16H2,1-2H3;1-2,9-10,14,16-17,27-28H,3-8,11-13,15H2/t20-,22+;18-;18-,21+;17-/m1111/s1. The molecule has 6 atom stereocenters. The molecule has 12 heterocycles. The van der Waals surface area contributed by atoms with E-state index in [1.807, 2.05) is 80.6 Å². The number of ketones is 4. The molecule has 8 fully saturated rings. The zero-order valence-electron chi connectivity index (χ0n) is 75.1. The van der Waals surface area contributed by atoms with Gasteiger partial charge in [0.2, 0.25) is 0 Å². The zero-order chi connectivity index (χ0) is 92.1. The lowest BCUT2D eigenvalue weighted by Crippen LogP contribution is -2.45. The van der Waals surface area contributed by atoms with Crippen LogP contribution < -0.4 is 42.5 Å². The summed E-state index contributed by atoms with van der Waals surface area (Å²) >= 11 is 32.4. The third-order valence-corrected chi connectivity index (χ3v) is 26.8. The number of alkyl halides is 3. The van der Waals surface area contributed by atoms with Gasteiger partial charge in [-0.15, -0.1) is 0 Å². The number of methoxy groups -OCH3 is 1. The Hall–Kier alpha value is -7.84. The van der Waals surface area contributed by atoms with E-state index in [1.54, 1.807) is 31.8 Å². The summed E-state index contributed by atoms with van der Waals surface area (Å²) in [7, 11) is 1.71. The largest absolute Gasteiger partial charge is 0.418 e. The number of pyridine rings is 4. The molecule has 0 amide bonds. The van der Waals surface area contributed by atoms with Gasteiger partial charge in [-0.05, 0) is 217 Å². The summed E-state index contributed by atoms with van der Waals surface area (Å²) in [5, 5.41) is 29.4. The Morgan fingerprint density at radius 3 is 1.34 bits per heavy atom. The summed E-state index contributed by atoms with van der Waals surface area (Å²) in [6, 6.07) is 34.0. The van der Waals surface area contributed by atoms with Crippen LogP contribution in [0.3, 0.4) is 0 Å². The summed E-state index contributed by atoms with van der Waals surface area (Å²) in [5.41, 5.74) is 11.3. The SMILES string of the molecule is CC1(C)COC[C@H](CNc2cccc(-c3cc(CC(=O)[C@@H]4CCCNC4)ncc3Cl)c2)O1.COC[C@@H]1CC[C@@H](C(=O)Cc2cc(-c3cccc(NCC4CCOCC4)c3)c(Cl)cn2)CN1.O=C(Cc1cc(-c2cc(NCC3CCOCC3)ccc2Cl)c(Cl)cn1)[C@@H]1CNCCOC1.O=C(Cc1cc(-c2ccc(C(F)(F)F)c(NCC3CCOCC3)c2)c(Cl)cn1)[C@@H]1CCCNC1. The van der Waals surface area contributed by atoms with Gasteiger partial charge in [0.25, 0.3) is 0 Å². The molecule has 31 heteroatoms. The minimum absolute atomic E-state index is 0.00110. The molecule has 706 valence electrons. The highest BCUT2D eigenvalue weighted by Gasteiger charge is 2.36. The number of nitrogens with zero attached hydrogens (tertiary/aromatic N) is 4. The first kappa shape index (κ1) is 101. The average molecular weight is 1900 g/mol. The van der Waals surface area contributed by atoms with Crippen molar-refractivity contribution in [3.05, 3.63) is 187 Å². The van der Waals surface area contributed by atoms with Gasteiger partial charge in [-0.3, -0.25) is 39.1 Å². The number of halogens is 8. The van der Waals surface area contributed by atoms with Gasteiger partial charge in [-0.25, -0.2) is 0 Å². The van der Waals surface area contributed by atoms with Crippen molar-refractivity contribution in [2.45, 2.75) is 141 Å². The van der Waals surface area contributed by atoms with Crippen molar-refractivity contribution in [3.8, 4) is 44.5 Å². The van der Waals surface area contributed by atoms with Gasteiger partial charge in [0.15, 0.2) is 0 Å². The number of ether oxygens (including phenoxy) is 7. The zero-order valence-corrected chi connectivity index (χ0v) is 78.9. The molecule has 4 aromatic heterocycles. The molecule has 0 unspecified atom stereocenters. The second-order valence-corrected chi connectivity index (χ2v) is 37.9. The van der Waals surface area contributed by atoms with Crippen molar-refractivity contribution in [2.75, 3.05) is 173 Å². The lowest BCUT2D eigenvalue weighted by atomic mass is 9.89. The maximum absolute atomic E-state index is 13.7. The highest BCUT2D eigenvalue weighted by atomic mass is 35.5. The third kappa shape index (κ3) is 31.1. The van der Waals surface area contributed by atoms with Crippen LogP contribution >= 0.6 is 58.0 Å². The van der Waals surface area contributed by atoms with Crippen molar-refractivity contribution < 1.29 is 65.5 Å². The Morgan fingerprint density at radius 1 is 0.435 bits per heavy atom. The van der Waals surface area contributed by atoms with Gasteiger partial charge in [0.1, 0.15) is 23.1 Å². The van der Waals surface area contributed by atoms with Crippen LogP contribution in [0.2, 0.25) is 25.1 Å². The molecule has 0 bridgehead atoms. The number of carbonyl (C=O) groups excluding carboxylic acids is 4. The van der Waals surface area contributed by atoms with E-state index < -0.39 is 11.7 Å². The van der Waals surface area contributed by atoms with Crippen LogP contribution in [0.5, 0.6) is 0 Å². The van der Waals surface area contributed by atoms with Gasteiger partial charge in [-0.1, -0.05) is 88.3 Å². The Kier molecular flexibility index (Phi) is 38.9. The Balaban J connectivity index is 0.000000149. The van der Waals surface area contributed by atoms with Crippen LogP contribution in [0.25, 0.3) is 44.5 Å². The van der Waals surface area contributed by atoms with Gasteiger partial charge < -0.3 is 75.7 Å². The molecule has 23 nitrogen and oxygen atoms in total. The molecule has 8 N–H and O–H groups in total. The van der Waals surface area contributed by atoms with E-state index in [4.69, 9.17) is 91.2 Å². The molecule has 16 rings (SSSR count). The second kappa shape index (κ2) is 50.7. The van der Waals surface area contributed by atoms with E-state index in [-0.39, 0.29) is 83.0 Å². The van der Waals surface area contributed by atoms with Crippen LogP contribution in [-0.2, 0) is 84.2 Å². The number of aromatic nitrogens is 4. The van der Waals surface area contributed by atoms with Gasteiger partial charge in [-0.2, -0.15) is 13.2 Å². The van der Waals surface area contributed by atoms with Crippen molar-refractivity contribution >= 4 is 104 Å². The molecule has 0 radical (unpaired) electrons. The minimum atomic E-state index is -4.48. The van der Waals surface area contributed by atoms with E-state index in [0.29, 0.717) is 157 Å². The first-order valence-corrected chi connectivity index (χ1v) is 48.1. The van der Waals surface area contributed by atoms with E-state index in [1.165, 1.54) is 18.3 Å². The summed E-state index contributed by atoms with van der Waals surface area (Å²) < 4.78 is 79.7. The molecule has 8 aliphatic heterocycles. The van der Waals surface area contributed by atoms with Gasteiger partial charge in [0, 0.05) is 258 Å². The van der Waals surface area contributed by atoms with Gasteiger partial charge in [0.05, 0.1) is 76.3 Å². The van der Waals surface area contributed by atoms with E-state index in [2.05, 4.69) is 80.7 Å². The number of anilines is 4. The maximum Gasteiger partial charge on any atom is 0.418 e. The molecule has 0 saturated carbocycles. The third-order valence-electron chi connectivity index (χ3n) is 25.3. The molecule has 0 spiro atoms. The molecule has 131 heavy (non-hydrogen) atoms. The summed E-state index contributed by atoms with van der Waals surface area (Å²) in [6.45, 7) is 20.0. The Morgan fingerprint density at radius 2 is 0.870 bits per heavy atom. The van der Waals surface area contributed by atoms with Crippen molar-refractivity contribution in [3.63, 3.8) is 0 Å². The summed E-state index contributed by atoms with van der Waals surface area (Å²) in [5.74, 6) is 2.09.